The number of nitrogens with zero attached hydrogens (tertiary/aromatic N) is 3. The van der Waals surface area contributed by atoms with Gasteiger partial charge < -0.3 is 18.9 Å². The van der Waals surface area contributed by atoms with Crippen molar-refractivity contribution >= 4 is 17.9 Å². The third-order valence-corrected chi connectivity index (χ3v) is 5.16. The number of hydrogen-bond donors (Lipinski definition) is 0. The molecule has 1 fully saturated rings. The van der Waals surface area contributed by atoms with Gasteiger partial charge in [0.25, 0.3) is 5.89 Å². The van der Waals surface area contributed by atoms with E-state index in [2.05, 4.69) is 10.1 Å². The molecule has 1 aliphatic heterocycles. The molecule has 1 amide bonds. The van der Waals surface area contributed by atoms with Gasteiger partial charge in [-0.15, -0.1) is 11.8 Å². The van der Waals surface area contributed by atoms with Crippen LogP contribution in [0.3, 0.4) is 0 Å². The summed E-state index contributed by atoms with van der Waals surface area (Å²) >= 11 is 1.69. The second kappa shape index (κ2) is 8.86. The monoisotopic (exact) mass is 405 g/mol. The minimum atomic E-state index is -0.480. The average Bonchev–Trinajstić information content (AvgIpc) is 3.14. The number of thioether (sulfide) groups is 1. The zero-order chi connectivity index (χ0) is 20.1. The van der Waals surface area contributed by atoms with Crippen molar-refractivity contribution in [1.82, 2.24) is 15.0 Å². The molecule has 1 aliphatic rings. The van der Waals surface area contributed by atoms with E-state index in [1.165, 1.54) is 4.90 Å². The van der Waals surface area contributed by atoms with Crippen LogP contribution in [0.15, 0.2) is 33.7 Å². The number of rotatable bonds is 5. The minimum Gasteiger partial charge on any atom is -0.484 e. The Morgan fingerprint density at radius 1 is 1.25 bits per heavy atom. The molecular formula is C20H27N3O4S. The van der Waals surface area contributed by atoms with Gasteiger partial charge in [0.2, 0.25) is 0 Å². The van der Waals surface area contributed by atoms with Crippen molar-refractivity contribution in [3.8, 4) is 5.75 Å². The third-order valence-electron chi connectivity index (χ3n) is 4.42. The van der Waals surface area contributed by atoms with E-state index in [9.17, 15) is 4.79 Å². The van der Waals surface area contributed by atoms with Crippen LogP contribution in [0.2, 0.25) is 0 Å². The highest BCUT2D eigenvalue weighted by molar-refractivity contribution is 7.98. The Labute approximate surface area is 169 Å². The normalized spacial score (nSPS) is 15.5. The van der Waals surface area contributed by atoms with Crippen LogP contribution in [-0.4, -0.2) is 46.1 Å². The molecule has 0 bridgehead atoms. The second-order valence-corrected chi connectivity index (χ2v) is 8.63. The van der Waals surface area contributed by atoms with Crippen LogP contribution < -0.4 is 4.74 Å². The van der Waals surface area contributed by atoms with Gasteiger partial charge in [-0.05, 0) is 64.1 Å². The lowest BCUT2D eigenvalue weighted by molar-refractivity contribution is 0.0203. The lowest BCUT2D eigenvalue weighted by atomic mass is 9.96. The zero-order valence-corrected chi connectivity index (χ0v) is 17.6. The van der Waals surface area contributed by atoms with Gasteiger partial charge in [-0.3, -0.25) is 0 Å². The van der Waals surface area contributed by atoms with Gasteiger partial charge in [0.15, 0.2) is 12.4 Å². The molecule has 0 aliphatic carbocycles. The molecule has 0 atom stereocenters. The molecule has 0 unspecified atom stereocenters. The van der Waals surface area contributed by atoms with Crippen LogP contribution in [0.4, 0.5) is 4.79 Å². The number of hydrogen-bond acceptors (Lipinski definition) is 7. The zero-order valence-electron chi connectivity index (χ0n) is 16.8. The van der Waals surface area contributed by atoms with Gasteiger partial charge in [-0.2, -0.15) is 4.98 Å². The molecule has 152 valence electrons. The smallest absolute Gasteiger partial charge is 0.410 e. The SMILES string of the molecule is CSc1ccc(OCc2nc(C3CCN(C(=O)OC(C)(C)C)CC3)no2)cc1. The molecule has 0 saturated carbocycles. The lowest BCUT2D eigenvalue weighted by Gasteiger charge is -2.32. The Morgan fingerprint density at radius 3 is 2.54 bits per heavy atom. The van der Waals surface area contributed by atoms with E-state index >= 15 is 0 Å². The minimum absolute atomic E-state index is 0.178. The molecule has 3 rings (SSSR count). The van der Waals surface area contributed by atoms with Crippen molar-refractivity contribution in [3.63, 3.8) is 0 Å². The van der Waals surface area contributed by atoms with Gasteiger partial charge in [-0.25, -0.2) is 4.79 Å². The third kappa shape index (κ3) is 5.64. The Morgan fingerprint density at radius 2 is 1.93 bits per heavy atom. The van der Waals surface area contributed by atoms with Gasteiger partial charge in [0, 0.05) is 23.9 Å². The number of benzene rings is 1. The van der Waals surface area contributed by atoms with Crippen LogP contribution in [0.5, 0.6) is 5.75 Å². The molecule has 7 nitrogen and oxygen atoms in total. The summed E-state index contributed by atoms with van der Waals surface area (Å²) in [6.45, 7) is 7.11. The maximum Gasteiger partial charge on any atom is 0.410 e. The van der Waals surface area contributed by atoms with E-state index in [-0.39, 0.29) is 18.6 Å². The molecule has 8 heteroatoms. The Bertz CT molecular complexity index is 777. The topological polar surface area (TPSA) is 77.7 Å². The van der Waals surface area contributed by atoms with E-state index in [1.54, 1.807) is 16.7 Å². The highest BCUT2D eigenvalue weighted by Crippen LogP contribution is 2.27. The Hall–Kier alpha value is -2.22. The summed E-state index contributed by atoms with van der Waals surface area (Å²) in [7, 11) is 0. The Kier molecular flexibility index (Phi) is 6.49. The van der Waals surface area contributed by atoms with Crippen molar-refractivity contribution in [3.05, 3.63) is 36.0 Å². The van der Waals surface area contributed by atoms with Crippen LogP contribution in [-0.2, 0) is 11.3 Å². The number of likely N-dealkylation sites (tertiary alicyclic amines) is 1. The van der Waals surface area contributed by atoms with Crippen LogP contribution in [0, 0.1) is 0 Å². The van der Waals surface area contributed by atoms with E-state index in [1.807, 2.05) is 51.3 Å². The van der Waals surface area contributed by atoms with Crippen molar-refractivity contribution < 1.29 is 18.8 Å². The molecule has 2 aromatic rings. The summed E-state index contributed by atoms with van der Waals surface area (Å²) in [6.07, 6.45) is 3.35. The summed E-state index contributed by atoms with van der Waals surface area (Å²) < 4.78 is 16.5. The molecule has 1 aromatic heterocycles. The summed E-state index contributed by atoms with van der Waals surface area (Å²) in [4.78, 5) is 19.6. The molecule has 0 spiro atoms. The summed E-state index contributed by atoms with van der Waals surface area (Å²) in [5.74, 6) is 2.08. The van der Waals surface area contributed by atoms with E-state index in [0.29, 0.717) is 24.8 Å². The van der Waals surface area contributed by atoms with Gasteiger partial charge in [0.05, 0.1) is 0 Å². The number of piperidine rings is 1. The maximum atomic E-state index is 12.2. The van der Waals surface area contributed by atoms with E-state index in [4.69, 9.17) is 14.0 Å². The van der Waals surface area contributed by atoms with E-state index in [0.717, 1.165) is 18.6 Å². The largest absolute Gasteiger partial charge is 0.484 e. The molecule has 1 saturated heterocycles. The molecule has 2 heterocycles. The highest BCUT2D eigenvalue weighted by Gasteiger charge is 2.29. The standard InChI is InChI=1S/C20H27N3O4S/c1-20(2,3)26-19(24)23-11-9-14(10-12-23)18-21-17(27-22-18)13-25-15-5-7-16(28-4)8-6-15/h5-8,14H,9-13H2,1-4H3. The quantitative estimate of drug-likeness (QED) is 0.678. The molecule has 0 N–H and O–H groups in total. The molecular weight excluding hydrogens is 378 g/mol. The van der Waals surface area contributed by atoms with Gasteiger partial charge in [-0.1, -0.05) is 5.16 Å². The van der Waals surface area contributed by atoms with Crippen molar-refractivity contribution in [2.75, 3.05) is 19.3 Å². The number of carbonyl (C=O) groups is 1. The van der Waals surface area contributed by atoms with Crippen molar-refractivity contribution in [2.24, 2.45) is 0 Å². The van der Waals surface area contributed by atoms with Crippen molar-refractivity contribution in [1.29, 1.82) is 0 Å². The van der Waals surface area contributed by atoms with Gasteiger partial charge in [0.1, 0.15) is 11.4 Å². The fourth-order valence-electron chi connectivity index (χ4n) is 2.96. The molecule has 28 heavy (non-hydrogen) atoms. The van der Waals surface area contributed by atoms with Gasteiger partial charge >= 0.3 is 6.09 Å². The first kappa shape index (κ1) is 20.5. The van der Waals surface area contributed by atoms with Crippen molar-refractivity contribution in [2.45, 2.75) is 56.6 Å². The fraction of sp³-hybridized carbons (Fsp3) is 0.550. The predicted octanol–water partition coefficient (Wildman–Crippen LogP) is 4.49. The number of carbonyl (C=O) groups excluding carboxylic acids is 1. The molecule has 0 radical (unpaired) electrons. The highest BCUT2D eigenvalue weighted by atomic mass is 32.2. The predicted molar refractivity (Wildman–Crippen MR) is 107 cm³/mol. The summed E-state index contributed by atoms with van der Waals surface area (Å²) in [5, 5.41) is 4.10. The summed E-state index contributed by atoms with van der Waals surface area (Å²) in [5.41, 5.74) is -0.480. The average molecular weight is 406 g/mol. The van der Waals surface area contributed by atoms with Crippen LogP contribution >= 0.6 is 11.8 Å². The first-order valence-corrected chi connectivity index (χ1v) is 10.6. The summed E-state index contributed by atoms with van der Waals surface area (Å²) in [6, 6.07) is 7.88. The van der Waals surface area contributed by atoms with Crippen LogP contribution in [0.25, 0.3) is 0 Å². The number of aromatic nitrogens is 2. The second-order valence-electron chi connectivity index (χ2n) is 7.75. The first-order chi connectivity index (χ1) is 13.3. The molecule has 1 aromatic carbocycles. The van der Waals surface area contributed by atoms with Crippen LogP contribution in [0.1, 0.15) is 51.2 Å². The Balaban J connectivity index is 1.48. The maximum absolute atomic E-state index is 12.2. The lowest BCUT2D eigenvalue weighted by Crippen LogP contribution is -2.41. The number of ether oxygens (including phenoxy) is 2. The fourth-order valence-corrected chi connectivity index (χ4v) is 3.36. The first-order valence-electron chi connectivity index (χ1n) is 9.41. The number of amides is 1. The van der Waals surface area contributed by atoms with E-state index < -0.39 is 5.60 Å².